The first-order valence-electron chi connectivity index (χ1n) is 5.78. The van der Waals surface area contributed by atoms with Crippen LogP contribution < -0.4 is 4.90 Å². The smallest absolute Gasteiger partial charge is 0.152 e. The number of carbonyl (C=O) groups excluding carboxylic acids is 1. The molecule has 16 heavy (non-hydrogen) atoms. The van der Waals surface area contributed by atoms with Crippen LogP contribution in [-0.2, 0) is 4.79 Å². The Morgan fingerprint density at radius 1 is 1.38 bits per heavy atom. The molecule has 0 aliphatic carbocycles. The maximum Gasteiger partial charge on any atom is 0.152 e. The molecule has 2 heteroatoms. The first kappa shape index (κ1) is 10.9. The number of hydrogen-bond acceptors (Lipinski definition) is 2. The average molecular weight is 215 g/mol. The standard InChI is InChI=1S/C14H17NO/c1-12(16)9-10-14-8-5-11-15(14)13-6-3-2-4-7-13/h2-4,6-7,9-10,14H,5,8,11H2,1H3/b10-9+. The molecule has 1 aromatic rings. The lowest BCUT2D eigenvalue weighted by molar-refractivity contribution is -0.112. The van der Waals surface area contributed by atoms with Crippen molar-refractivity contribution in [3.63, 3.8) is 0 Å². The molecule has 1 unspecified atom stereocenters. The minimum Gasteiger partial charge on any atom is -0.365 e. The zero-order chi connectivity index (χ0) is 11.4. The zero-order valence-electron chi connectivity index (χ0n) is 9.60. The average Bonchev–Trinajstić information content (AvgIpc) is 2.75. The summed E-state index contributed by atoms with van der Waals surface area (Å²) in [7, 11) is 0. The molecule has 1 fully saturated rings. The molecule has 84 valence electrons. The van der Waals surface area contributed by atoms with E-state index >= 15 is 0 Å². The van der Waals surface area contributed by atoms with Crippen LogP contribution in [0.4, 0.5) is 5.69 Å². The van der Waals surface area contributed by atoms with Gasteiger partial charge in [-0.05, 0) is 38.0 Å². The lowest BCUT2D eigenvalue weighted by Gasteiger charge is -2.24. The van der Waals surface area contributed by atoms with E-state index in [0.717, 1.165) is 13.0 Å². The molecule has 2 nitrogen and oxygen atoms in total. The molecule has 1 aromatic carbocycles. The van der Waals surface area contributed by atoms with Gasteiger partial charge in [-0.25, -0.2) is 0 Å². The molecule has 1 aliphatic heterocycles. The second-order valence-corrected chi connectivity index (χ2v) is 4.21. The Morgan fingerprint density at radius 3 is 2.81 bits per heavy atom. The summed E-state index contributed by atoms with van der Waals surface area (Å²) in [6, 6.07) is 10.8. The van der Waals surface area contributed by atoms with Gasteiger partial charge in [0.25, 0.3) is 0 Å². The Kier molecular flexibility index (Phi) is 3.40. The minimum absolute atomic E-state index is 0.125. The fourth-order valence-corrected chi connectivity index (χ4v) is 2.18. The Bertz CT molecular complexity index is 383. The van der Waals surface area contributed by atoms with Crippen molar-refractivity contribution in [2.24, 2.45) is 0 Å². The van der Waals surface area contributed by atoms with Crippen LogP contribution in [0.2, 0.25) is 0 Å². The molecular weight excluding hydrogens is 198 g/mol. The molecule has 1 aliphatic rings. The number of para-hydroxylation sites is 1. The van der Waals surface area contributed by atoms with Gasteiger partial charge < -0.3 is 4.90 Å². The van der Waals surface area contributed by atoms with Crippen LogP contribution in [0.15, 0.2) is 42.5 Å². The maximum atomic E-state index is 10.9. The van der Waals surface area contributed by atoms with Gasteiger partial charge in [0.05, 0.1) is 0 Å². The zero-order valence-corrected chi connectivity index (χ0v) is 9.60. The van der Waals surface area contributed by atoms with Gasteiger partial charge in [0.15, 0.2) is 5.78 Å². The fourth-order valence-electron chi connectivity index (χ4n) is 2.18. The Balaban J connectivity index is 2.12. The van der Waals surface area contributed by atoms with Gasteiger partial charge in [0.2, 0.25) is 0 Å². The van der Waals surface area contributed by atoms with Gasteiger partial charge in [0.1, 0.15) is 0 Å². The molecule has 0 aromatic heterocycles. The Hall–Kier alpha value is -1.57. The highest BCUT2D eigenvalue weighted by atomic mass is 16.1. The first-order chi connectivity index (χ1) is 7.77. The van der Waals surface area contributed by atoms with Crippen molar-refractivity contribution >= 4 is 11.5 Å². The van der Waals surface area contributed by atoms with Crippen LogP contribution >= 0.6 is 0 Å². The predicted molar refractivity (Wildman–Crippen MR) is 66.6 cm³/mol. The lowest BCUT2D eigenvalue weighted by Crippen LogP contribution is -2.27. The van der Waals surface area contributed by atoms with Crippen molar-refractivity contribution in [2.45, 2.75) is 25.8 Å². The quantitative estimate of drug-likeness (QED) is 0.723. The summed E-state index contributed by atoms with van der Waals surface area (Å²) in [4.78, 5) is 13.3. The van der Waals surface area contributed by atoms with Crippen molar-refractivity contribution < 1.29 is 4.79 Å². The van der Waals surface area contributed by atoms with E-state index in [2.05, 4.69) is 29.2 Å². The highest BCUT2D eigenvalue weighted by molar-refractivity contribution is 5.87. The molecule has 0 N–H and O–H groups in total. The Labute approximate surface area is 96.6 Å². The summed E-state index contributed by atoms with van der Waals surface area (Å²) in [5.74, 6) is 0.125. The topological polar surface area (TPSA) is 20.3 Å². The molecule has 0 spiro atoms. The summed E-state index contributed by atoms with van der Waals surface area (Å²) in [6.07, 6.45) is 6.05. The second-order valence-electron chi connectivity index (χ2n) is 4.21. The molecule has 0 amide bonds. The summed E-state index contributed by atoms with van der Waals surface area (Å²) in [5, 5.41) is 0. The minimum atomic E-state index is 0.125. The maximum absolute atomic E-state index is 10.9. The van der Waals surface area contributed by atoms with Crippen molar-refractivity contribution in [1.29, 1.82) is 0 Å². The molecule has 1 atom stereocenters. The number of hydrogen-bond donors (Lipinski definition) is 0. The normalized spacial score (nSPS) is 20.6. The van der Waals surface area contributed by atoms with Crippen LogP contribution in [0.3, 0.4) is 0 Å². The SMILES string of the molecule is CC(=O)/C=C/C1CCCN1c1ccccc1. The summed E-state index contributed by atoms with van der Waals surface area (Å²) < 4.78 is 0. The van der Waals surface area contributed by atoms with E-state index in [0.29, 0.717) is 6.04 Å². The summed E-state index contributed by atoms with van der Waals surface area (Å²) >= 11 is 0. The molecule has 1 heterocycles. The van der Waals surface area contributed by atoms with E-state index in [1.807, 2.05) is 12.1 Å². The van der Waals surface area contributed by atoms with Crippen LogP contribution in [0.5, 0.6) is 0 Å². The van der Waals surface area contributed by atoms with Crippen LogP contribution in [0, 0.1) is 0 Å². The third kappa shape index (κ3) is 2.51. The van der Waals surface area contributed by atoms with Crippen molar-refractivity contribution in [2.75, 3.05) is 11.4 Å². The molecule has 0 bridgehead atoms. The van der Waals surface area contributed by atoms with Crippen molar-refractivity contribution in [3.8, 4) is 0 Å². The van der Waals surface area contributed by atoms with E-state index < -0.39 is 0 Å². The molecule has 1 saturated heterocycles. The largest absolute Gasteiger partial charge is 0.365 e. The molecular formula is C14H17NO. The Morgan fingerprint density at radius 2 is 2.12 bits per heavy atom. The number of benzene rings is 1. The number of rotatable bonds is 3. The van der Waals surface area contributed by atoms with Crippen molar-refractivity contribution in [1.82, 2.24) is 0 Å². The summed E-state index contributed by atoms with van der Waals surface area (Å²) in [5.41, 5.74) is 1.25. The van der Waals surface area contributed by atoms with E-state index in [9.17, 15) is 4.79 Å². The third-order valence-corrected chi connectivity index (χ3v) is 2.94. The van der Waals surface area contributed by atoms with E-state index in [4.69, 9.17) is 0 Å². The predicted octanol–water partition coefficient (Wildman–Crippen LogP) is 2.80. The van der Waals surface area contributed by atoms with Gasteiger partial charge in [0, 0.05) is 18.3 Å². The van der Waals surface area contributed by atoms with Gasteiger partial charge >= 0.3 is 0 Å². The van der Waals surface area contributed by atoms with E-state index in [-0.39, 0.29) is 5.78 Å². The summed E-state index contributed by atoms with van der Waals surface area (Å²) in [6.45, 7) is 2.68. The molecule has 0 saturated carbocycles. The van der Waals surface area contributed by atoms with Gasteiger partial charge in [-0.15, -0.1) is 0 Å². The number of nitrogens with zero attached hydrogens (tertiary/aromatic N) is 1. The number of allylic oxidation sites excluding steroid dienone is 1. The van der Waals surface area contributed by atoms with Gasteiger partial charge in [-0.1, -0.05) is 24.3 Å². The van der Waals surface area contributed by atoms with Crippen LogP contribution in [0.1, 0.15) is 19.8 Å². The second kappa shape index (κ2) is 4.97. The first-order valence-corrected chi connectivity index (χ1v) is 5.78. The van der Waals surface area contributed by atoms with Gasteiger partial charge in [-0.2, -0.15) is 0 Å². The highest BCUT2D eigenvalue weighted by Gasteiger charge is 2.21. The highest BCUT2D eigenvalue weighted by Crippen LogP contribution is 2.25. The van der Waals surface area contributed by atoms with E-state index in [1.54, 1.807) is 13.0 Å². The molecule has 0 radical (unpaired) electrons. The van der Waals surface area contributed by atoms with Crippen LogP contribution in [-0.4, -0.2) is 18.4 Å². The van der Waals surface area contributed by atoms with E-state index in [1.165, 1.54) is 12.1 Å². The number of carbonyl (C=O) groups is 1. The fraction of sp³-hybridized carbons (Fsp3) is 0.357. The van der Waals surface area contributed by atoms with Crippen molar-refractivity contribution in [3.05, 3.63) is 42.5 Å². The lowest BCUT2D eigenvalue weighted by atomic mass is 10.2. The monoisotopic (exact) mass is 215 g/mol. The number of ketones is 1. The third-order valence-electron chi connectivity index (χ3n) is 2.94. The number of anilines is 1. The van der Waals surface area contributed by atoms with Crippen LogP contribution in [0.25, 0.3) is 0 Å². The molecule has 2 rings (SSSR count). The van der Waals surface area contributed by atoms with Gasteiger partial charge in [-0.3, -0.25) is 4.79 Å².